The van der Waals surface area contributed by atoms with Crippen LogP contribution >= 0.6 is 50.5 Å². The molecule has 0 bridgehead atoms. The fraction of sp³-hybridized carbons (Fsp3) is 0.154. The van der Waals surface area contributed by atoms with Crippen LogP contribution < -0.4 is 5.73 Å². The van der Waals surface area contributed by atoms with E-state index in [-0.39, 0.29) is 0 Å². The van der Waals surface area contributed by atoms with Gasteiger partial charge in [-0.3, -0.25) is 0 Å². The van der Waals surface area contributed by atoms with Crippen LogP contribution in [-0.4, -0.2) is 9.55 Å². The van der Waals surface area contributed by atoms with E-state index < -0.39 is 0 Å². The van der Waals surface area contributed by atoms with Crippen molar-refractivity contribution in [1.29, 1.82) is 0 Å². The van der Waals surface area contributed by atoms with Crippen LogP contribution in [0.2, 0.25) is 10.0 Å². The average Bonchev–Trinajstić information content (AvgIpc) is 2.92. The van der Waals surface area contributed by atoms with Crippen molar-refractivity contribution in [3.8, 4) is 0 Å². The Morgan fingerprint density at radius 2 is 2.00 bits per heavy atom. The third-order valence-electron chi connectivity index (χ3n) is 3.03. The lowest BCUT2D eigenvalue weighted by molar-refractivity contribution is 0.733. The molecule has 0 unspecified atom stereocenters. The number of aryl methyl sites for hydroxylation is 2. The molecule has 3 rings (SSSR count). The fourth-order valence-corrected chi connectivity index (χ4v) is 3.87. The highest BCUT2D eigenvalue weighted by molar-refractivity contribution is 9.11. The number of hydrogen-bond donors (Lipinski definition) is 1. The molecule has 2 heterocycles. The second-order valence-electron chi connectivity index (χ2n) is 4.33. The molecule has 0 aliphatic carbocycles. The zero-order chi connectivity index (χ0) is 14.3. The summed E-state index contributed by atoms with van der Waals surface area (Å²) in [5.74, 6) is 0.481. The lowest BCUT2D eigenvalue weighted by Gasteiger charge is -2.05. The summed E-state index contributed by atoms with van der Waals surface area (Å²) in [5, 5.41) is 1.00. The quantitative estimate of drug-likeness (QED) is 0.684. The maximum absolute atomic E-state index is 6.07. The molecule has 7 heteroatoms. The summed E-state index contributed by atoms with van der Waals surface area (Å²) in [6, 6.07) is 7.71. The van der Waals surface area contributed by atoms with Crippen molar-refractivity contribution in [3.63, 3.8) is 0 Å². The lowest BCUT2D eigenvalue weighted by Crippen LogP contribution is -2.05. The number of nitrogen functional groups attached to an aromatic ring is 1. The van der Waals surface area contributed by atoms with E-state index in [1.54, 1.807) is 17.4 Å². The van der Waals surface area contributed by atoms with Crippen LogP contribution in [0.15, 0.2) is 28.1 Å². The van der Waals surface area contributed by atoms with Gasteiger partial charge in [0.2, 0.25) is 5.95 Å². The van der Waals surface area contributed by atoms with Gasteiger partial charge in [0.1, 0.15) is 0 Å². The normalized spacial score (nSPS) is 11.3. The number of anilines is 1. The summed E-state index contributed by atoms with van der Waals surface area (Å²) in [4.78, 5) is 5.61. The first kappa shape index (κ1) is 14.2. The first-order chi connectivity index (χ1) is 9.54. The Balaban J connectivity index is 1.94. The number of thiophene rings is 1. The summed E-state index contributed by atoms with van der Waals surface area (Å²) in [6.45, 7) is 0.757. The van der Waals surface area contributed by atoms with Gasteiger partial charge in [0, 0.05) is 11.4 Å². The van der Waals surface area contributed by atoms with Crippen molar-refractivity contribution in [2.24, 2.45) is 0 Å². The van der Waals surface area contributed by atoms with Crippen molar-refractivity contribution in [3.05, 3.63) is 43.0 Å². The number of nitrogens with zero attached hydrogens (tertiary/aromatic N) is 2. The molecule has 0 fully saturated rings. The van der Waals surface area contributed by atoms with Gasteiger partial charge in [-0.15, -0.1) is 11.3 Å². The van der Waals surface area contributed by atoms with Gasteiger partial charge in [0.05, 0.1) is 24.9 Å². The first-order valence-electron chi connectivity index (χ1n) is 5.89. The molecule has 104 valence electrons. The molecule has 3 aromatic rings. The van der Waals surface area contributed by atoms with E-state index in [2.05, 4.69) is 27.0 Å². The van der Waals surface area contributed by atoms with Gasteiger partial charge in [-0.1, -0.05) is 23.2 Å². The monoisotopic (exact) mass is 389 g/mol. The number of aromatic nitrogens is 2. The molecule has 0 spiro atoms. The molecule has 20 heavy (non-hydrogen) atoms. The van der Waals surface area contributed by atoms with Gasteiger partial charge in [0.25, 0.3) is 0 Å². The Morgan fingerprint density at radius 3 is 2.70 bits per heavy atom. The second kappa shape index (κ2) is 5.56. The van der Waals surface area contributed by atoms with Gasteiger partial charge in [0.15, 0.2) is 0 Å². The SMILES string of the molecule is Nc1nc2cc(Cl)c(Cl)cc2n1CCc1ccc(Br)s1. The molecule has 0 atom stereocenters. The molecule has 0 aliphatic rings. The van der Waals surface area contributed by atoms with Crippen molar-refractivity contribution < 1.29 is 0 Å². The minimum Gasteiger partial charge on any atom is -0.369 e. The maximum Gasteiger partial charge on any atom is 0.201 e. The van der Waals surface area contributed by atoms with Crippen molar-refractivity contribution in [2.75, 3.05) is 5.73 Å². The van der Waals surface area contributed by atoms with Crippen LogP contribution in [0, 0.1) is 0 Å². The van der Waals surface area contributed by atoms with E-state index in [1.165, 1.54) is 4.88 Å². The Labute approximate surface area is 138 Å². The summed E-state index contributed by atoms with van der Waals surface area (Å²) >= 11 is 17.3. The number of hydrogen-bond acceptors (Lipinski definition) is 3. The average molecular weight is 391 g/mol. The third kappa shape index (κ3) is 2.68. The largest absolute Gasteiger partial charge is 0.369 e. The molecular formula is C13H10BrCl2N3S. The van der Waals surface area contributed by atoms with E-state index in [1.807, 2.05) is 16.7 Å². The molecule has 0 saturated carbocycles. The van der Waals surface area contributed by atoms with Crippen molar-refractivity contribution in [2.45, 2.75) is 13.0 Å². The summed E-state index contributed by atoms with van der Waals surface area (Å²) in [6.07, 6.45) is 0.895. The van der Waals surface area contributed by atoms with Crippen LogP contribution in [0.5, 0.6) is 0 Å². The van der Waals surface area contributed by atoms with E-state index in [0.717, 1.165) is 27.8 Å². The molecule has 0 saturated heterocycles. The molecular weight excluding hydrogens is 381 g/mol. The van der Waals surface area contributed by atoms with Crippen molar-refractivity contribution in [1.82, 2.24) is 9.55 Å². The van der Waals surface area contributed by atoms with Crippen LogP contribution in [0.1, 0.15) is 4.88 Å². The summed E-state index contributed by atoms with van der Waals surface area (Å²) < 4.78 is 3.09. The fourth-order valence-electron chi connectivity index (χ4n) is 2.08. The molecule has 2 N–H and O–H groups in total. The topological polar surface area (TPSA) is 43.8 Å². The van der Waals surface area contributed by atoms with Crippen LogP contribution in [0.4, 0.5) is 5.95 Å². The number of halogens is 3. The minimum absolute atomic E-state index is 0.481. The molecule has 0 aliphatic heterocycles. The third-order valence-corrected chi connectivity index (χ3v) is 5.44. The number of imidazole rings is 1. The first-order valence-corrected chi connectivity index (χ1v) is 8.26. The number of fused-ring (bicyclic) bond motifs is 1. The molecule has 3 nitrogen and oxygen atoms in total. The van der Waals surface area contributed by atoms with Gasteiger partial charge < -0.3 is 10.3 Å². The number of benzene rings is 1. The van der Waals surface area contributed by atoms with E-state index in [4.69, 9.17) is 28.9 Å². The highest BCUT2D eigenvalue weighted by Gasteiger charge is 2.11. The Kier molecular flexibility index (Phi) is 3.95. The van der Waals surface area contributed by atoms with Crippen LogP contribution in [-0.2, 0) is 13.0 Å². The number of nitrogens with two attached hydrogens (primary N) is 1. The lowest BCUT2D eigenvalue weighted by atomic mass is 10.3. The number of rotatable bonds is 3. The molecule has 1 aromatic carbocycles. The summed E-state index contributed by atoms with van der Waals surface area (Å²) in [7, 11) is 0. The zero-order valence-corrected chi connectivity index (χ0v) is 14.2. The van der Waals surface area contributed by atoms with Gasteiger partial charge in [-0.25, -0.2) is 4.98 Å². The van der Waals surface area contributed by atoms with Gasteiger partial charge >= 0.3 is 0 Å². The summed E-state index contributed by atoms with van der Waals surface area (Å²) in [5.41, 5.74) is 7.66. The molecule has 0 radical (unpaired) electrons. The Bertz CT molecular complexity index is 781. The minimum atomic E-state index is 0.481. The molecule has 2 aromatic heterocycles. The Morgan fingerprint density at radius 1 is 1.25 bits per heavy atom. The molecule has 0 amide bonds. The standard InChI is InChI=1S/C13H10BrCl2N3S/c14-12-2-1-7(20-12)3-4-19-11-6-9(16)8(15)5-10(11)18-13(19)17/h1-2,5-6H,3-4H2,(H2,17,18). The highest BCUT2D eigenvalue weighted by atomic mass is 79.9. The Hall–Kier alpha value is -0.750. The van der Waals surface area contributed by atoms with Crippen molar-refractivity contribution >= 4 is 67.5 Å². The zero-order valence-electron chi connectivity index (χ0n) is 10.2. The highest BCUT2D eigenvalue weighted by Crippen LogP contribution is 2.29. The maximum atomic E-state index is 6.07. The van der Waals surface area contributed by atoms with Gasteiger partial charge in [-0.05, 0) is 46.6 Å². The van der Waals surface area contributed by atoms with E-state index in [9.17, 15) is 0 Å². The van der Waals surface area contributed by atoms with E-state index in [0.29, 0.717) is 16.0 Å². The van der Waals surface area contributed by atoms with Crippen LogP contribution in [0.25, 0.3) is 11.0 Å². The van der Waals surface area contributed by atoms with E-state index >= 15 is 0 Å². The van der Waals surface area contributed by atoms with Crippen LogP contribution in [0.3, 0.4) is 0 Å². The van der Waals surface area contributed by atoms with Gasteiger partial charge in [-0.2, -0.15) is 0 Å². The second-order valence-corrected chi connectivity index (χ2v) is 7.69. The predicted octanol–water partition coefficient (Wildman–Crippen LogP) is 4.99. The predicted molar refractivity (Wildman–Crippen MR) is 89.9 cm³/mol. The smallest absolute Gasteiger partial charge is 0.201 e.